The first kappa shape index (κ1) is 31.5. The zero-order valence-corrected chi connectivity index (χ0v) is 21.3. The lowest BCUT2D eigenvalue weighted by Crippen LogP contribution is -2.57. The largest absolute Gasteiger partial charge is 0.481 e. The van der Waals surface area contributed by atoms with Crippen molar-refractivity contribution in [1.82, 2.24) is 16.0 Å². The lowest BCUT2D eigenvalue weighted by atomic mass is 10.0. The minimum absolute atomic E-state index is 0.0253. The number of hydrogen-bond donors (Lipinski definition) is 7. The average molecular weight is 522 g/mol. The monoisotopic (exact) mass is 521 g/mol. The molecule has 0 aliphatic rings. The number of aliphatic carboxylic acids is 2. The molecule has 0 aliphatic heterocycles. The van der Waals surface area contributed by atoms with Crippen LogP contribution in [-0.4, -0.2) is 70.6 Å². The number of unbranched alkanes of at least 4 members (excludes halogenated alkanes) is 1. The Balaban J connectivity index is 3.00. The van der Waals surface area contributed by atoms with Gasteiger partial charge in [-0.15, -0.1) is 0 Å². The Labute approximate surface area is 216 Å². The van der Waals surface area contributed by atoms with Crippen molar-refractivity contribution < 1.29 is 34.2 Å². The number of carboxylic acids is 2. The highest BCUT2D eigenvalue weighted by Crippen LogP contribution is 2.10. The van der Waals surface area contributed by atoms with Gasteiger partial charge in [0.1, 0.15) is 18.1 Å². The highest BCUT2D eigenvalue weighted by molar-refractivity contribution is 5.94. The molecule has 0 fully saturated rings. The van der Waals surface area contributed by atoms with Gasteiger partial charge in [0.2, 0.25) is 17.7 Å². The van der Waals surface area contributed by atoms with Crippen molar-refractivity contribution in [3.8, 4) is 0 Å². The summed E-state index contributed by atoms with van der Waals surface area (Å²) in [5, 5.41) is 26.1. The van der Waals surface area contributed by atoms with Gasteiger partial charge in [0, 0.05) is 6.42 Å². The SMILES string of the molecule is CC(C)CC(NC(=O)C(CCCCN)NC(=O)C(N)CC(=O)O)C(=O)NC(Cc1ccccc1)C(=O)O. The van der Waals surface area contributed by atoms with E-state index in [1.165, 1.54) is 0 Å². The van der Waals surface area contributed by atoms with E-state index >= 15 is 0 Å². The fourth-order valence-corrected chi connectivity index (χ4v) is 3.62. The molecule has 12 nitrogen and oxygen atoms in total. The van der Waals surface area contributed by atoms with E-state index in [1.807, 2.05) is 13.8 Å². The van der Waals surface area contributed by atoms with E-state index in [2.05, 4.69) is 16.0 Å². The van der Waals surface area contributed by atoms with Crippen LogP contribution >= 0.6 is 0 Å². The summed E-state index contributed by atoms with van der Waals surface area (Å²) < 4.78 is 0. The Morgan fingerprint density at radius 3 is 1.95 bits per heavy atom. The summed E-state index contributed by atoms with van der Waals surface area (Å²) in [5.74, 6) is -4.64. The van der Waals surface area contributed by atoms with Crippen LogP contribution in [0.1, 0.15) is 51.5 Å². The molecule has 0 heterocycles. The Kier molecular flexibility index (Phi) is 13.9. The van der Waals surface area contributed by atoms with E-state index in [0.29, 0.717) is 19.4 Å². The van der Waals surface area contributed by atoms with Gasteiger partial charge >= 0.3 is 11.9 Å². The van der Waals surface area contributed by atoms with E-state index in [0.717, 1.165) is 5.56 Å². The highest BCUT2D eigenvalue weighted by Gasteiger charge is 2.31. The third-order valence-corrected chi connectivity index (χ3v) is 5.55. The van der Waals surface area contributed by atoms with Crippen LogP contribution in [0.5, 0.6) is 0 Å². The smallest absolute Gasteiger partial charge is 0.326 e. The fraction of sp³-hybridized carbons (Fsp3) is 0.560. The van der Waals surface area contributed by atoms with Crippen molar-refractivity contribution in [1.29, 1.82) is 0 Å². The molecule has 4 unspecified atom stereocenters. The normalized spacial score (nSPS) is 14.2. The number of rotatable bonds is 17. The summed E-state index contributed by atoms with van der Waals surface area (Å²) in [4.78, 5) is 61.2. The number of carboxylic acid groups (broad SMARTS) is 2. The van der Waals surface area contributed by atoms with Gasteiger partial charge in [-0.2, -0.15) is 0 Å². The number of benzene rings is 1. The molecule has 0 radical (unpaired) electrons. The van der Waals surface area contributed by atoms with Crippen molar-refractivity contribution in [3.63, 3.8) is 0 Å². The van der Waals surface area contributed by atoms with Crippen molar-refractivity contribution in [2.24, 2.45) is 17.4 Å². The van der Waals surface area contributed by atoms with Gasteiger partial charge < -0.3 is 37.6 Å². The van der Waals surface area contributed by atoms with Gasteiger partial charge in [-0.1, -0.05) is 44.2 Å². The molecule has 12 heteroatoms. The van der Waals surface area contributed by atoms with Crippen LogP contribution in [0.15, 0.2) is 30.3 Å². The molecule has 1 aromatic rings. The van der Waals surface area contributed by atoms with Crippen LogP contribution in [0.4, 0.5) is 0 Å². The number of nitrogens with one attached hydrogen (secondary N) is 3. The van der Waals surface area contributed by atoms with E-state index in [-0.39, 0.29) is 25.2 Å². The Morgan fingerprint density at radius 1 is 0.838 bits per heavy atom. The highest BCUT2D eigenvalue weighted by atomic mass is 16.4. The Bertz CT molecular complexity index is 910. The summed E-state index contributed by atoms with van der Waals surface area (Å²) in [6, 6.07) is 4.11. The molecule has 0 saturated carbocycles. The number of carbonyl (C=O) groups is 5. The molecule has 37 heavy (non-hydrogen) atoms. The summed E-state index contributed by atoms with van der Waals surface area (Å²) in [7, 11) is 0. The minimum Gasteiger partial charge on any atom is -0.481 e. The molecule has 3 amide bonds. The maximum absolute atomic E-state index is 13.1. The fourth-order valence-electron chi connectivity index (χ4n) is 3.62. The van der Waals surface area contributed by atoms with Gasteiger partial charge in [0.15, 0.2) is 0 Å². The molecule has 0 spiro atoms. The molecule has 206 valence electrons. The first-order chi connectivity index (χ1) is 17.4. The maximum Gasteiger partial charge on any atom is 0.326 e. The molecule has 0 aromatic heterocycles. The van der Waals surface area contributed by atoms with Gasteiger partial charge in [0.05, 0.1) is 12.5 Å². The van der Waals surface area contributed by atoms with E-state index < -0.39 is 60.2 Å². The predicted octanol–water partition coefficient (Wildman–Crippen LogP) is -0.255. The second kappa shape index (κ2) is 16.3. The summed E-state index contributed by atoms with van der Waals surface area (Å²) >= 11 is 0. The summed E-state index contributed by atoms with van der Waals surface area (Å²) in [6.07, 6.45) is 0.926. The second-order valence-electron chi connectivity index (χ2n) is 9.33. The molecule has 0 bridgehead atoms. The Hall–Kier alpha value is -3.51. The Morgan fingerprint density at radius 2 is 1.41 bits per heavy atom. The van der Waals surface area contributed by atoms with E-state index in [9.17, 15) is 29.1 Å². The lowest BCUT2D eigenvalue weighted by Gasteiger charge is -2.26. The van der Waals surface area contributed by atoms with Gasteiger partial charge in [-0.05, 0) is 43.7 Å². The van der Waals surface area contributed by atoms with E-state index in [1.54, 1.807) is 30.3 Å². The van der Waals surface area contributed by atoms with Crippen LogP contribution in [0.2, 0.25) is 0 Å². The van der Waals surface area contributed by atoms with Crippen molar-refractivity contribution in [2.75, 3.05) is 6.54 Å². The molecule has 0 saturated heterocycles. The summed E-state index contributed by atoms with van der Waals surface area (Å²) in [5.41, 5.74) is 11.9. The van der Waals surface area contributed by atoms with Gasteiger partial charge in [-0.3, -0.25) is 19.2 Å². The van der Waals surface area contributed by atoms with Crippen LogP contribution in [0.25, 0.3) is 0 Å². The maximum atomic E-state index is 13.1. The standard InChI is InChI=1S/C25H39N5O7/c1-15(2)12-19(24(35)30-20(25(36)37)13-16-8-4-3-5-9-16)29-23(34)18(10-6-7-11-26)28-22(33)17(27)14-21(31)32/h3-5,8-9,15,17-20H,6-7,10-14,26-27H2,1-2H3,(H,28,33)(H,29,34)(H,30,35)(H,31,32)(H,36,37). The van der Waals surface area contributed by atoms with Crippen LogP contribution in [-0.2, 0) is 30.4 Å². The third-order valence-electron chi connectivity index (χ3n) is 5.55. The van der Waals surface area contributed by atoms with Crippen molar-refractivity contribution >= 4 is 29.7 Å². The zero-order valence-electron chi connectivity index (χ0n) is 21.3. The molecule has 4 atom stereocenters. The number of hydrogen-bond acceptors (Lipinski definition) is 7. The number of carbonyl (C=O) groups excluding carboxylic acids is 3. The van der Waals surface area contributed by atoms with E-state index in [4.69, 9.17) is 16.6 Å². The number of amides is 3. The molecular weight excluding hydrogens is 482 g/mol. The molecule has 9 N–H and O–H groups in total. The van der Waals surface area contributed by atoms with Gasteiger partial charge in [-0.25, -0.2) is 4.79 Å². The topological polar surface area (TPSA) is 214 Å². The van der Waals surface area contributed by atoms with Crippen LogP contribution in [0.3, 0.4) is 0 Å². The molecule has 1 rings (SSSR count). The minimum atomic E-state index is -1.36. The number of nitrogens with two attached hydrogens (primary N) is 2. The third kappa shape index (κ3) is 12.3. The molecular formula is C25H39N5O7. The van der Waals surface area contributed by atoms with Crippen molar-refractivity contribution in [2.45, 2.75) is 76.5 Å². The predicted molar refractivity (Wildman–Crippen MR) is 136 cm³/mol. The first-order valence-electron chi connectivity index (χ1n) is 12.3. The van der Waals surface area contributed by atoms with Crippen molar-refractivity contribution in [3.05, 3.63) is 35.9 Å². The quantitative estimate of drug-likeness (QED) is 0.134. The van der Waals surface area contributed by atoms with Crippen LogP contribution in [0, 0.1) is 5.92 Å². The lowest BCUT2D eigenvalue weighted by molar-refractivity contribution is -0.142. The second-order valence-corrected chi connectivity index (χ2v) is 9.33. The zero-order chi connectivity index (χ0) is 28.0. The average Bonchev–Trinajstić information content (AvgIpc) is 2.82. The summed E-state index contributed by atoms with van der Waals surface area (Å²) in [6.45, 7) is 4.06. The molecule has 0 aliphatic carbocycles. The first-order valence-corrected chi connectivity index (χ1v) is 12.3. The van der Waals surface area contributed by atoms with Gasteiger partial charge in [0.25, 0.3) is 0 Å². The van der Waals surface area contributed by atoms with Crippen LogP contribution < -0.4 is 27.4 Å². The molecule has 1 aromatic carbocycles.